The van der Waals surface area contributed by atoms with Crippen LogP contribution in [0.2, 0.25) is 0 Å². The fourth-order valence-corrected chi connectivity index (χ4v) is 2.94. The third kappa shape index (κ3) is 7.12. The van der Waals surface area contributed by atoms with E-state index in [0.717, 1.165) is 17.9 Å². The van der Waals surface area contributed by atoms with Gasteiger partial charge in [-0.15, -0.1) is 5.06 Å². The predicted molar refractivity (Wildman–Crippen MR) is 102 cm³/mol. The molecule has 0 unspecified atom stereocenters. The lowest BCUT2D eigenvalue weighted by molar-refractivity contribution is -0.145. The largest absolute Gasteiger partial charge is 0.534 e. The molecule has 0 aromatic heterocycles. The zero-order valence-electron chi connectivity index (χ0n) is 17.2. The van der Waals surface area contributed by atoms with Gasteiger partial charge in [-0.05, 0) is 71.8 Å². The van der Waals surface area contributed by atoms with Crippen LogP contribution in [-0.2, 0) is 14.3 Å². The molecule has 0 N–H and O–H groups in total. The third-order valence-electron chi connectivity index (χ3n) is 4.10. The average Bonchev–Trinajstić information content (AvgIpc) is 2.46. The van der Waals surface area contributed by atoms with Crippen LogP contribution in [0.15, 0.2) is 30.3 Å². The molecule has 1 aromatic carbocycles. The fraction of sp³-hybridized carbons (Fsp3) is 0.619. The molecule has 0 heterocycles. The standard InChI is InChI=1S/C21H31NO5/c1-20(2,3)25-18(23)22(27-19(24)26-21(4,5)6)14-15-12-17(13-15)16-10-8-7-9-11-16/h7-11,15,17H,12-14H2,1-6H3. The lowest BCUT2D eigenvalue weighted by atomic mass is 9.71. The van der Waals surface area contributed by atoms with Crippen LogP contribution in [0.3, 0.4) is 0 Å². The Morgan fingerprint density at radius 3 is 2.04 bits per heavy atom. The molecular formula is C21H31NO5. The van der Waals surface area contributed by atoms with Crippen molar-refractivity contribution in [3.63, 3.8) is 0 Å². The first-order chi connectivity index (χ1) is 12.4. The molecule has 0 radical (unpaired) electrons. The molecule has 0 atom stereocenters. The molecule has 150 valence electrons. The molecule has 0 bridgehead atoms. The molecule has 0 saturated heterocycles. The van der Waals surface area contributed by atoms with Crippen molar-refractivity contribution in [2.75, 3.05) is 6.54 Å². The summed E-state index contributed by atoms with van der Waals surface area (Å²) in [6, 6.07) is 10.3. The zero-order chi connectivity index (χ0) is 20.2. The summed E-state index contributed by atoms with van der Waals surface area (Å²) in [7, 11) is 0. The Labute approximate surface area is 161 Å². The minimum absolute atomic E-state index is 0.241. The summed E-state index contributed by atoms with van der Waals surface area (Å²) in [6.07, 6.45) is 0.269. The molecule has 6 heteroatoms. The SMILES string of the molecule is CC(C)(C)OC(=O)ON(CC1CC(c2ccccc2)C1)C(=O)OC(C)(C)C. The maximum atomic E-state index is 12.5. The molecule has 0 aliphatic heterocycles. The maximum Gasteiger partial charge on any atom is 0.534 e. The van der Waals surface area contributed by atoms with Gasteiger partial charge >= 0.3 is 12.2 Å². The number of amides is 1. The number of hydroxylamine groups is 2. The first kappa shape index (κ1) is 21.1. The summed E-state index contributed by atoms with van der Waals surface area (Å²) in [4.78, 5) is 29.7. The van der Waals surface area contributed by atoms with Gasteiger partial charge < -0.3 is 14.3 Å². The number of carbonyl (C=O) groups excluding carboxylic acids is 2. The Hall–Kier alpha value is -2.24. The van der Waals surface area contributed by atoms with E-state index in [4.69, 9.17) is 14.3 Å². The van der Waals surface area contributed by atoms with E-state index in [9.17, 15) is 9.59 Å². The quantitative estimate of drug-likeness (QED) is 0.529. The molecule has 6 nitrogen and oxygen atoms in total. The van der Waals surface area contributed by atoms with Crippen molar-refractivity contribution < 1.29 is 23.9 Å². The molecule has 1 aliphatic rings. The minimum Gasteiger partial charge on any atom is -0.442 e. The third-order valence-corrected chi connectivity index (χ3v) is 4.10. The Morgan fingerprint density at radius 2 is 1.52 bits per heavy atom. The van der Waals surface area contributed by atoms with E-state index in [-0.39, 0.29) is 12.5 Å². The highest BCUT2D eigenvalue weighted by Crippen LogP contribution is 2.42. The van der Waals surface area contributed by atoms with Gasteiger partial charge in [0.15, 0.2) is 0 Å². The van der Waals surface area contributed by atoms with Crippen molar-refractivity contribution in [3.8, 4) is 0 Å². The first-order valence-electron chi connectivity index (χ1n) is 9.39. The van der Waals surface area contributed by atoms with Crippen molar-refractivity contribution in [1.82, 2.24) is 5.06 Å². The van der Waals surface area contributed by atoms with Gasteiger partial charge in [-0.1, -0.05) is 30.3 Å². The molecule has 1 aliphatic carbocycles. The Morgan fingerprint density at radius 1 is 0.963 bits per heavy atom. The van der Waals surface area contributed by atoms with Crippen molar-refractivity contribution >= 4 is 12.2 Å². The summed E-state index contributed by atoms with van der Waals surface area (Å²) in [6.45, 7) is 10.8. The molecule has 1 fully saturated rings. The average molecular weight is 377 g/mol. The second-order valence-electron chi connectivity index (χ2n) is 9.04. The molecule has 1 amide bonds. The monoisotopic (exact) mass is 377 g/mol. The van der Waals surface area contributed by atoms with Gasteiger partial charge in [0.05, 0.1) is 6.54 Å². The van der Waals surface area contributed by atoms with Gasteiger partial charge in [0.1, 0.15) is 11.2 Å². The Balaban J connectivity index is 1.96. The first-order valence-corrected chi connectivity index (χ1v) is 9.39. The lowest BCUT2D eigenvalue weighted by Crippen LogP contribution is -2.44. The molecule has 0 spiro atoms. The number of hydrogen-bond acceptors (Lipinski definition) is 5. The number of benzene rings is 1. The summed E-state index contributed by atoms with van der Waals surface area (Å²) in [5, 5.41) is 0.991. The molecule has 27 heavy (non-hydrogen) atoms. The number of rotatable bonds is 3. The topological polar surface area (TPSA) is 65.1 Å². The van der Waals surface area contributed by atoms with Gasteiger partial charge in [0, 0.05) is 0 Å². The summed E-state index contributed by atoms with van der Waals surface area (Å²) < 4.78 is 10.5. The fourth-order valence-electron chi connectivity index (χ4n) is 2.94. The number of hydrogen-bond donors (Lipinski definition) is 0. The zero-order valence-corrected chi connectivity index (χ0v) is 17.2. The van der Waals surface area contributed by atoms with E-state index < -0.39 is 23.5 Å². The van der Waals surface area contributed by atoms with Crippen molar-refractivity contribution in [2.45, 2.75) is 71.5 Å². The van der Waals surface area contributed by atoms with E-state index in [0.29, 0.717) is 5.92 Å². The van der Waals surface area contributed by atoms with Crippen molar-refractivity contribution in [2.24, 2.45) is 5.92 Å². The minimum atomic E-state index is -0.910. The van der Waals surface area contributed by atoms with Crippen molar-refractivity contribution in [1.29, 1.82) is 0 Å². The van der Waals surface area contributed by atoms with Gasteiger partial charge in [0.25, 0.3) is 0 Å². The van der Waals surface area contributed by atoms with Gasteiger partial charge in [-0.2, -0.15) is 0 Å². The van der Waals surface area contributed by atoms with Crippen LogP contribution in [-0.4, -0.2) is 35.1 Å². The van der Waals surface area contributed by atoms with Crippen LogP contribution in [0.5, 0.6) is 0 Å². The van der Waals surface area contributed by atoms with Crippen LogP contribution in [0, 0.1) is 5.92 Å². The van der Waals surface area contributed by atoms with Crippen LogP contribution in [0.1, 0.15) is 65.9 Å². The molecule has 1 saturated carbocycles. The number of ether oxygens (including phenoxy) is 2. The van der Waals surface area contributed by atoms with Crippen LogP contribution in [0.4, 0.5) is 9.59 Å². The Kier molecular flexibility index (Phi) is 6.39. The highest BCUT2D eigenvalue weighted by Gasteiger charge is 2.36. The van der Waals surface area contributed by atoms with Crippen molar-refractivity contribution in [3.05, 3.63) is 35.9 Å². The highest BCUT2D eigenvalue weighted by molar-refractivity contribution is 5.70. The second-order valence-corrected chi connectivity index (χ2v) is 9.04. The van der Waals surface area contributed by atoms with E-state index >= 15 is 0 Å². The van der Waals surface area contributed by atoms with Gasteiger partial charge in [-0.25, -0.2) is 9.59 Å². The van der Waals surface area contributed by atoms with E-state index in [1.807, 2.05) is 18.2 Å². The van der Waals surface area contributed by atoms with E-state index in [2.05, 4.69) is 12.1 Å². The van der Waals surface area contributed by atoms with E-state index in [1.54, 1.807) is 41.5 Å². The summed E-state index contributed by atoms with van der Waals surface area (Å²) in [5.74, 6) is 0.711. The van der Waals surface area contributed by atoms with Gasteiger partial charge in [0.2, 0.25) is 0 Å². The smallest absolute Gasteiger partial charge is 0.442 e. The second kappa shape index (κ2) is 8.19. The number of carbonyl (C=O) groups is 2. The Bertz CT molecular complexity index is 639. The summed E-state index contributed by atoms with van der Waals surface area (Å²) >= 11 is 0. The van der Waals surface area contributed by atoms with Crippen LogP contribution in [0.25, 0.3) is 0 Å². The van der Waals surface area contributed by atoms with E-state index in [1.165, 1.54) is 5.56 Å². The number of nitrogens with zero attached hydrogens (tertiary/aromatic N) is 1. The van der Waals surface area contributed by atoms with Crippen LogP contribution >= 0.6 is 0 Å². The molecular weight excluding hydrogens is 346 g/mol. The van der Waals surface area contributed by atoms with Crippen LogP contribution < -0.4 is 0 Å². The predicted octanol–water partition coefficient (Wildman–Crippen LogP) is 5.28. The van der Waals surface area contributed by atoms with Gasteiger partial charge in [-0.3, -0.25) is 0 Å². The molecule has 2 rings (SSSR count). The maximum absolute atomic E-state index is 12.5. The normalized spacial score (nSPS) is 19.6. The summed E-state index contributed by atoms with van der Waals surface area (Å²) in [5.41, 5.74) is -0.0877. The molecule has 1 aromatic rings. The lowest BCUT2D eigenvalue weighted by Gasteiger charge is -2.38. The highest BCUT2D eigenvalue weighted by atomic mass is 16.8.